The standard InChI is InChI=1S/C31H45N8O/c1-38(2,3)26-15-17-36(20-26)24-11-7-22(8-12-24)33-28-19-29(40)30(32)35-31(28)34-23-9-13-25(14-10-23)37-18-16-27(21-37)39(4,5)6/h7-14,19,26-27,33H,15-18,20-21H2,1-6H3,(H3-,32,34,35,40)/q+1/p+1. The predicted molar refractivity (Wildman–Crippen MR) is 167 cm³/mol. The van der Waals surface area contributed by atoms with Crippen molar-refractivity contribution in [2.24, 2.45) is 0 Å². The molecule has 9 heteroatoms. The van der Waals surface area contributed by atoms with Crippen LogP contribution in [0.5, 0.6) is 5.75 Å². The van der Waals surface area contributed by atoms with Crippen LogP contribution in [0.25, 0.3) is 0 Å². The van der Waals surface area contributed by atoms with E-state index in [2.05, 4.69) is 116 Å². The van der Waals surface area contributed by atoms with Gasteiger partial charge in [0.1, 0.15) is 12.1 Å². The van der Waals surface area contributed by atoms with Crippen LogP contribution in [0.1, 0.15) is 12.8 Å². The minimum absolute atomic E-state index is 0.0516. The first-order valence-corrected chi connectivity index (χ1v) is 14.2. The number of rotatable bonds is 8. The Labute approximate surface area is 239 Å². The van der Waals surface area contributed by atoms with E-state index < -0.39 is 0 Å². The molecular weight excluding hydrogens is 500 g/mol. The van der Waals surface area contributed by atoms with Gasteiger partial charge in [-0.15, -0.1) is 0 Å². The van der Waals surface area contributed by atoms with Gasteiger partial charge in [0, 0.05) is 54.7 Å². The molecule has 2 atom stereocenters. The van der Waals surface area contributed by atoms with Crippen LogP contribution in [0.15, 0.2) is 54.6 Å². The lowest BCUT2D eigenvalue weighted by molar-refractivity contribution is -0.893. The van der Waals surface area contributed by atoms with Crippen molar-refractivity contribution in [2.45, 2.75) is 24.9 Å². The number of pyridine rings is 1. The molecule has 0 spiro atoms. The Morgan fingerprint density at radius 3 is 1.62 bits per heavy atom. The smallest absolute Gasteiger partial charge is 0.168 e. The van der Waals surface area contributed by atoms with Crippen LogP contribution in [0.3, 0.4) is 0 Å². The van der Waals surface area contributed by atoms with Crippen LogP contribution in [0, 0.1) is 0 Å². The van der Waals surface area contributed by atoms with Crippen LogP contribution in [0.2, 0.25) is 0 Å². The van der Waals surface area contributed by atoms with Crippen LogP contribution < -0.4 is 26.2 Å². The molecule has 0 amide bonds. The van der Waals surface area contributed by atoms with Gasteiger partial charge in [0.2, 0.25) is 0 Å². The molecule has 9 nitrogen and oxygen atoms in total. The number of quaternary nitrogens is 2. The van der Waals surface area contributed by atoms with Gasteiger partial charge in [-0.1, -0.05) is 0 Å². The number of aromatic hydroxyl groups is 1. The summed E-state index contributed by atoms with van der Waals surface area (Å²) in [5, 5.41) is 17.1. The number of nitrogens with zero attached hydrogens (tertiary/aromatic N) is 5. The molecule has 5 N–H and O–H groups in total. The second-order valence-electron chi connectivity index (χ2n) is 13.1. The molecule has 2 aromatic carbocycles. The van der Waals surface area contributed by atoms with Crippen molar-refractivity contribution >= 4 is 40.1 Å². The van der Waals surface area contributed by atoms with E-state index >= 15 is 0 Å². The van der Waals surface area contributed by atoms with E-state index in [0.29, 0.717) is 23.6 Å². The van der Waals surface area contributed by atoms with E-state index in [4.69, 9.17) is 5.73 Å². The Kier molecular flexibility index (Phi) is 7.46. The number of aromatic nitrogens is 1. The van der Waals surface area contributed by atoms with E-state index in [1.807, 2.05) is 0 Å². The Morgan fingerprint density at radius 1 is 0.750 bits per heavy atom. The van der Waals surface area contributed by atoms with Crippen molar-refractivity contribution in [1.82, 2.24) is 4.98 Å². The molecule has 2 unspecified atom stereocenters. The summed E-state index contributed by atoms with van der Waals surface area (Å²) >= 11 is 0. The van der Waals surface area contributed by atoms with Gasteiger partial charge in [0.25, 0.3) is 0 Å². The summed E-state index contributed by atoms with van der Waals surface area (Å²) in [5.74, 6) is 0.595. The molecule has 0 saturated carbocycles. The van der Waals surface area contributed by atoms with Crippen molar-refractivity contribution < 1.29 is 14.1 Å². The van der Waals surface area contributed by atoms with Crippen molar-refractivity contribution in [3.8, 4) is 5.75 Å². The molecular formula is C31H46N8O+2. The lowest BCUT2D eigenvalue weighted by Crippen LogP contribution is -2.46. The number of nitrogens with one attached hydrogen (secondary N) is 2. The van der Waals surface area contributed by atoms with Gasteiger partial charge in [-0.25, -0.2) is 4.98 Å². The minimum Gasteiger partial charge on any atom is -0.504 e. The third-order valence-electron chi connectivity index (χ3n) is 8.56. The van der Waals surface area contributed by atoms with Gasteiger partial charge in [0.05, 0.1) is 61.1 Å². The van der Waals surface area contributed by atoms with Crippen LogP contribution in [0.4, 0.5) is 40.1 Å². The normalized spacial score (nSPS) is 19.8. The second-order valence-corrected chi connectivity index (χ2v) is 13.1. The number of likely N-dealkylation sites (N-methyl/N-ethyl adjacent to an activating group) is 2. The fourth-order valence-corrected chi connectivity index (χ4v) is 5.73. The first-order valence-electron chi connectivity index (χ1n) is 14.2. The molecule has 1 aromatic heterocycles. The predicted octanol–water partition coefficient (Wildman–Crippen LogP) is 4.43. The summed E-state index contributed by atoms with van der Waals surface area (Å²) in [6.45, 7) is 4.27. The van der Waals surface area contributed by atoms with Crippen LogP contribution in [-0.4, -0.2) is 99.6 Å². The van der Waals surface area contributed by atoms with Crippen molar-refractivity contribution in [3.63, 3.8) is 0 Å². The van der Waals surface area contributed by atoms with Gasteiger partial charge in [-0.2, -0.15) is 0 Å². The van der Waals surface area contributed by atoms with Crippen molar-refractivity contribution in [1.29, 1.82) is 0 Å². The monoisotopic (exact) mass is 546 g/mol. The highest BCUT2D eigenvalue weighted by atomic mass is 16.3. The molecule has 0 aliphatic carbocycles. The molecule has 40 heavy (non-hydrogen) atoms. The first kappa shape index (κ1) is 27.9. The maximum absolute atomic E-state index is 10.3. The summed E-state index contributed by atoms with van der Waals surface area (Å²) in [4.78, 5) is 9.35. The van der Waals surface area contributed by atoms with Gasteiger partial charge in [-0.05, 0) is 48.5 Å². The first-order chi connectivity index (χ1) is 18.9. The van der Waals surface area contributed by atoms with Crippen LogP contribution in [-0.2, 0) is 0 Å². The Bertz CT molecular complexity index is 1210. The lowest BCUT2D eigenvalue weighted by Gasteiger charge is -2.31. The zero-order valence-corrected chi connectivity index (χ0v) is 24.9. The van der Waals surface area contributed by atoms with Gasteiger partial charge < -0.3 is 40.2 Å². The highest BCUT2D eigenvalue weighted by molar-refractivity contribution is 5.79. The van der Waals surface area contributed by atoms with Gasteiger partial charge >= 0.3 is 0 Å². The second kappa shape index (κ2) is 10.7. The van der Waals surface area contributed by atoms with Crippen molar-refractivity contribution in [2.75, 3.05) is 94.6 Å². The van der Waals surface area contributed by atoms with E-state index in [1.165, 1.54) is 24.2 Å². The van der Waals surface area contributed by atoms with E-state index in [0.717, 1.165) is 46.5 Å². The SMILES string of the molecule is C[N+](C)(C)C1CCN(c2ccc(Nc3cc(O)c(N)nc3Nc3ccc(N4CCC([N+](C)(C)C)C4)cc3)cc2)C1. The molecule has 214 valence electrons. The highest BCUT2D eigenvalue weighted by Gasteiger charge is 2.33. The zero-order valence-electron chi connectivity index (χ0n) is 24.9. The number of nitrogens with two attached hydrogens (primary N) is 1. The van der Waals surface area contributed by atoms with E-state index in [-0.39, 0.29) is 11.6 Å². The molecule has 2 fully saturated rings. The van der Waals surface area contributed by atoms with Crippen LogP contribution >= 0.6 is 0 Å². The number of anilines is 7. The quantitative estimate of drug-likeness (QED) is 0.311. The van der Waals surface area contributed by atoms with Gasteiger partial charge in [0.15, 0.2) is 17.4 Å². The molecule has 2 aliphatic heterocycles. The third-order valence-corrected chi connectivity index (χ3v) is 8.56. The minimum atomic E-state index is -0.0516. The number of nitrogen functional groups attached to an aromatic ring is 1. The van der Waals surface area contributed by atoms with Crippen molar-refractivity contribution in [3.05, 3.63) is 54.6 Å². The maximum atomic E-state index is 10.3. The molecule has 3 heterocycles. The molecule has 0 radical (unpaired) electrons. The zero-order chi connectivity index (χ0) is 28.7. The fraction of sp³-hybridized carbons (Fsp3) is 0.452. The summed E-state index contributed by atoms with van der Waals surface area (Å²) < 4.78 is 1.97. The number of hydrogen-bond donors (Lipinski definition) is 4. The fourth-order valence-electron chi connectivity index (χ4n) is 5.73. The molecule has 3 aromatic rings. The Balaban J connectivity index is 1.27. The highest BCUT2D eigenvalue weighted by Crippen LogP contribution is 2.34. The van der Waals surface area contributed by atoms with E-state index in [1.54, 1.807) is 6.07 Å². The topological polar surface area (TPSA) is 89.7 Å². The molecule has 2 saturated heterocycles. The van der Waals surface area contributed by atoms with Gasteiger partial charge in [-0.3, -0.25) is 0 Å². The molecule has 2 aliphatic rings. The average molecular weight is 547 g/mol. The molecule has 0 bridgehead atoms. The van der Waals surface area contributed by atoms with E-state index in [9.17, 15) is 5.11 Å². The number of benzene rings is 2. The summed E-state index contributed by atoms with van der Waals surface area (Å²) in [6.07, 6.45) is 2.40. The Hall–Kier alpha value is -3.69. The third kappa shape index (κ3) is 6.21. The summed E-state index contributed by atoms with van der Waals surface area (Å²) in [5.41, 5.74) is 10.9. The number of hydrogen-bond acceptors (Lipinski definition) is 7. The average Bonchev–Trinajstić information content (AvgIpc) is 3.59. The summed E-state index contributed by atoms with van der Waals surface area (Å²) in [6, 6.07) is 19.8. The molecule has 5 rings (SSSR count). The largest absolute Gasteiger partial charge is 0.504 e. The maximum Gasteiger partial charge on any atom is 0.168 e. The lowest BCUT2D eigenvalue weighted by atomic mass is 10.2. The Morgan fingerprint density at radius 2 is 1.20 bits per heavy atom. The summed E-state index contributed by atoms with van der Waals surface area (Å²) in [7, 11) is 13.6.